The monoisotopic (exact) mass is 546 g/mol. The van der Waals surface area contributed by atoms with Crippen LogP contribution in [0.2, 0.25) is 0 Å². The number of benzene rings is 2. The minimum Gasteiger partial charge on any atom is -0.464 e. The first-order chi connectivity index (χ1) is 19.3. The number of aryl methyl sites for hydroxylation is 2. The van der Waals surface area contributed by atoms with Crippen LogP contribution < -0.4 is 10.2 Å². The van der Waals surface area contributed by atoms with Crippen molar-refractivity contribution in [1.82, 2.24) is 25.5 Å². The Kier molecular flexibility index (Phi) is 7.49. The maximum Gasteiger partial charge on any atom is 0.251 e. The van der Waals surface area contributed by atoms with Crippen LogP contribution in [0.5, 0.6) is 0 Å². The molecule has 5 aromatic rings. The molecule has 12 heteroatoms. The van der Waals surface area contributed by atoms with Gasteiger partial charge in [-0.2, -0.15) is 4.80 Å². The molecule has 0 aliphatic heterocycles. The molecule has 40 heavy (non-hydrogen) atoms. The molecule has 0 aliphatic rings. The number of carbonyl (C=O) groups excluding carboxylic acids is 2. The molecule has 0 aliphatic carbocycles. The van der Waals surface area contributed by atoms with E-state index in [-0.39, 0.29) is 23.8 Å². The zero-order chi connectivity index (χ0) is 28.2. The summed E-state index contributed by atoms with van der Waals surface area (Å²) in [4.78, 5) is 29.5. The van der Waals surface area contributed by atoms with Gasteiger partial charge < -0.3 is 14.2 Å². The number of nitrogens with zero attached hydrogens (tertiary/aromatic N) is 5. The SMILES string of the molecule is Cc1ccc(-c2nnn(CC(=O)N(c3ccccc3F)[C@H](C(=O)NCc3ccc(F)cc3)c3ccc(C)o3)n2)o1. The van der Waals surface area contributed by atoms with E-state index in [4.69, 9.17) is 8.83 Å². The summed E-state index contributed by atoms with van der Waals surface area (Å²) in [5.41, 5.74) is 0.478. The lowest BCUT2D eigenvalue weighted by atomic mass is 10.1. The zero-order valence-electron chi connectivity index (χ0n) is 21.5. The third-order valence-electron chi connectivity index (χ3n) is 5.99. The maximum atomic E-state index is 15.1. The van der Waals surface area contributed by atoms with Gasteiger partial charge in [0.1, 0.15) is 35.5 Å². The zero-order valence-corrected chi connectivity index (χ0v) is 21.5. The number of furan rings is 2. The first-order valence-electron chi connectivity index (χ1n) is 12.3. The number of hydrogen-bond acceptors (Lipinski definition) is 7. The summed E-state index contributed by atoms with van der Waals surface area (Å²) in [5.74, 6) is -0.714. The van der Waals surface area contributed by atoms with Crippen LogP contribution in [0.3, 0.4) is 0 Å². The van der Waals surface area contributed by atoms with Gasteiger partial charge >= 0.3 is 0 Å². The van der Waals surface area contributed by atoms with Crippen molar-refractivity contribution < 1.29 is 27.2 Å². The number of aromatic nitrogens is 4. The summed E-state index contributed by atoms with van der Waals surface area (Å²) >= 11 is 0. The van der Waals surface area contributed by atoms with Gasteiger partial charge in [0.05, 0.1) is 5.69 Å². The van der Waals surface area contributed by atoms with Gasteiger partial charge in [-0.25, -0.2) is 8.78 Å². The molecule has 1 N–H and O–H groups in total. The minimum absolute atomic E-state index is 0.0329. The van der Waals surface area contributed by atoms with E-state index in [9.17, 15) is 14.0 Å². The van der Waals surface area contributed by atoms with E-state index in [1.165, 1.54) is 42.5 Å². The van der Waals surface area contributed by atoms with Gasteiger partial charge in [-0.1, -0.05) is 24.3 Å². The second-order valence-electron chi connectivity index (χ2n) is 8.96. The number of amides is 2. The fourth-order valence-corrected chi connectivity index (χ4v) is 4.09. The number of rotatable bonds is 9. The van der Waals surface area contributed by atoms with Crippen LogP contribution in [0.25, 0.3) is 11.6 Å². The normalized spacial score (nSPS) is 11.8. The molecule has 0 saturated carbocycles. The molecular formula is C28H24F2N6O4. The van der Waals surface area contributed by atoms with Crippen molar-refractivity contribution in [1.29, 1.82) is 0 Å². The molecule has 2 amide bonds. The number of tetrazole rings is 1. The lowest BCUT2D eigenvalue weighted by molar-refractivity contribution is -0.127. The fourth-order valence-electron chi connectivity index (χ4n) is 4.09. The lowest BCUT2D eigenvalue weighted by Crippen LogP contribution is -2.45. The number of halogens is 2. The standard InChI is InChI=1S/C28H24F2N6O4/c1-17-7-13-23(39-17)26(28(38)31-15-19-9-11-20(29)12-10-19)36(22-6-4-3-5-21(22)30)25(37)16-35-33-27(32-34-35)24-14-8-18(2)40-24/h3-14,26H,15-16H2,1-2H3,(H,31,38)/t26-/m0/s1. The first-order valence-corrected chi connectivity index (χ1v) is 12.3. The maximum absolute atomic E-state index is 15.1. The molecule has 1 atom stereocenters. The Morgan fingerprint density at radius 3 is 2.35 bits per heavy atom. The Hall–Kier alpha value is -5.13. The van der Waals surface area contributed by atoms with E-state index < -0.39 is 36.0 Å². The van der Waals surface area contributed by atoms with Crippen molar-refractivity contribution in [3.05, 3.63) is 107 Å². The summed E-state index contributed by atoms with van der Waals surface area (Å²) in [6.07, 6.45) is 0. The Morgan fingerprint density at radius 1 is 0.950 bits per heavy atom. The third-order valence-corrected chi connectivity index (χ3v) is 5.99. The summed E-state index contributed by atoms with van der Waals surface area (Å²) in [7, 11) is 0. The lowest BCUT2D eigenvalue weighted by Gasteiger charge is -2.30. The number of hydrogen-bond donors (Lipinski definition) is 1. The summed E-state index contributed by atoms with van der Waals surface area (Å²) in [6, 6.07) is 16.4. The molecule has 0 fully saturated rings. The molecule has 2 aromatic carbocycles. The van der Waals surface area contributed by atoms with E-state index in [1.807, 2.05) is 0 Å². The molecule has 204 valence electrons. The van der Waals surface area contributed by atoms with Crippen LogP contribution in [0.1, 0.15) is 28.9 Å². The van der Waals surface area contributed by atoms with Crippen LogP contribution in [0.4, 0.5) is 14.5 Å². The van der Waals surface area contributed by atoms with Gasteiger partial charge in [0, 0.05) is 6.54 Å². The first kappa shape index (κ1) is 26.5. The van der Waals surface area contributed by atoms with Gasteiger partial charge in [0.2, 0.25) is 5.82 Å². The van der Waals surface area contributed by atoms with Gasteiger partial charge in [0.25, 0.3) is 11.8 Å². The minimum atomic E-state index is -1.39. The highest BCUT2D eigenvalue weighted by Crippen LogP contribution is 2.31. The largest absolute Gasteiger partial charge is 0.464 e. The highest BCUT2D eigenvalue weighted by molar-refractivity contribution is 6.01. The van der Waals surface area contributed by atoms with Crippen LogP contribution in [0.15, 0.2) is 81.6 Å². The Labute approximate surface area is 227 Å². The van der Waals surface area contributed by atoms with Crippen molar-refractivity contribution in [3.63, 3.8) is 0 Å². The van der Waals surface area contributed by atoms with Crippen molar-refractivity contribution >= 4 is 17.5 Å². The van der Waals surface area contributed by atoms with E-state index in [0.717, 1.165) is 9.70 Å². The average Bonchev–Trinajstić information content (AvgIpc) is 3.69. The second-order valence-corrected chi connectivity index (χ2v) is 8.96. The predicted molar refractivity (Wildman–Crippen MR) is 139 cm³/mol. The number of nitrogens with one attached hydrogen (secondary N) is 1. The smallest absolute Gasteiger partial charge is 0.251 e. The van der Waals surface area contributed by atoms with E-state index in [2.05, 4.69) is 20.7 Å². The van der Waals surface area contributed by atoms with E-state index >= 15 is 4.39 Å². The highest BCUT2D eigenvalue weighted by atomic mass is 19.1. The van der Waals surface area contributed by atoms with E-state index in [0.29, 0.717) is 22.8 Å². The molecular weight excluding hydrogens is 522 g/mol. The third kappa shape index (κ3) is 5.80. The van der Waals surface area contributed by atoms with Crippen LogP contribution in [-0.2, 0) is 22.7 Å². The molecule has 3 heterocycles. The van der Waals surface area contributed by atoms with Gasteiger partial charge in [-0.05, 0) is 73.2 Å². The van der Waals surface area contributed by atoms with Crippen LogP contribution in [0, 0.1) is 25.5 Å². The summed E-state index contributed by atoms with van der Waals surface area (Å²) < 4.78 is 39.7. The molecule has 0 saturated heterocycles. The molecule has 5 rings (SSSR count). The average molecular weight is 547 g/mol. The van der Waals surface area contributed by atoms with Crippen LogP contribution in [-0.4, -0.2) is 32.0 Å². The number of para-hydroxylation sites is 1. The summed E-state index contributed by atoms with van der Waals surface area (Å²) in [6.45, 7) is 3.01. The van der Waals surface area contributed by atoms with Crippen molar-refractivity contribution in [2.75, 3.05) is 4.90 Å². The number of carbonyl (C=O) groups is 2. The van der Waals surface area contributed by atoms with Crippen molar-refractivity contribution in [3.8, 4) is 11.6 Å². The highest BCUT2D eigenvalue weighted by Gasteiger charge is 2.36. The van der Waals surface area contributed by atoms with Crippen molar-refractivity contribution in [2.45, 2.75) is 33.0 Å². The molecule has 10 nitrogen and oxygen atoms in total. The molecule has 3 aromatic heterocycles. The quantitative estimate of drug-likeness (QED) is 0.289. The topological polar surface area (TPSA) is 119 Å². The van der Waals surface area contributed by atoms with Crippen molar-refractivity contribution in [2.24, 2.45) is 0 Å². The summed E-state index contributed by atoms with van der Waals surface area (Å²) in [5, 5.41) is 14.8. The molecule has 0 radical (unpaired) electrons. The Balaban J connectivity index is 1.48. The second kappa shape index (κ2) is 11.3. The van der Waals surface area contributed by atoms with E-state index in [1.54, 1.807) is 44.2 Å². The molecule has 0 spiro atoms. The fraction of sp³-hybridized carbons (Fsp3) is 0.179. The van der Waals surface area contributed by atoms with Gasteiger partial charge in [0.15, 0.2) is 11.8 Å². The van der Waals surface area contributed by atoms with Crippen LogP contribution >= 0.6 is 0 Å². The van der Waals surface area contributed by atoms with Gasteiger partial charge in [-0.3, -0.25) is 14.5 Å². The predicted octanol–water partition coefficient (Wildman–Crippen LogP) is 4.51. The van der Waals surface area contributed by atoms with Gasteiger partial charge in [-0.15, -0.1) is 10.2 Å². The molecule has 0 unspecified atom stereocenters. The number of anilines is 1. The molecule has 0 bridgehead atoms. The Morgan fingerprint density at radius 2 is 1.68 bits per heavy atom. The Bertz CT molecular complexity index is 1640.